The molecule has 1 heterocycles. The highest BCUT2D eigenvalue weighted by Crippen LogP contribution is 2.24. The molecule has 1 amide bonds. The largest absolute Gasteiger partial charge is 0.367 e. The van der Waals surface area contributed by atoms with Crippen LogP contribution in [0.2, 0.25) is 0 Å². The standard InChI is InChI=1S/C21H26FN3O3S/c1-15-10-11-19(22)20(13-15)25-12-6-7-17(14-25)23-21(26)16(2)24-29(27,28)18-8-4-3-5-9-18/h3-5,8-11,13,16-17,24H,6-7,12,14H2,1-2H3,(H,23,26)/t16-,17?/m0/s1. The Morgan fingerprint density at radius 3 is 2.66 bits per heavy atom. The zero-order valence-corrected chi connectivity index (χ0v) is 17.4. The summed E-state index contributed by atoms with van der Waals surface area (Å²) in [4.78, 5) is 14.6. The van der Waals surface area contributed by atoms with Crippen LogP contribution in [0.4, 0.5) is 10.1 Å². The number of sulfonamides is 1. The van der Waals surface area contributed by atoms with Gasteiger partial charge < -0.3 is 10.2 Å². The Bertz CT molecular complexity index is 966. The first kappa shape index (κ1) is 21.3. The van der Waals surface area contributed by atoms with Gasteiger partial charge >= 0.3 is 0 Å². The van der Waals surface area contributed by atoms with Crippen LogP contribution in [0.1, 0.15) is 25.3 Å². The molecule has 156 valence electrons. The van der Waals surface area contributed by atoms with Crippen LogP contribution in [0, 0.1) is 12.7 Å². The van der Waals surface area contributed by atoms with E-state index < -0.39 is 22.0 Å². The Hall–Kier alpha value is -2.45. The fourth-order valence-electron chi connectivity index (χ4n) is 3.46. The van der Waals surface area contributed by atoms with Gasteiger partial charge in [0, 0.05) is 19.1 Å². The number of rotatable bonds is 6. The zero-order chi connectivity index (χ0) is 21.0. The number of benzene rings is 2. The van der Waals surface area contributed by atoms with Crippen molar-refractivity contribution in [2.45, 2.75) is 43.7 Å². The third kappa shape index (κ3) is 5.33. The molecular formula is C21H26FN3O3S. The molecule has 0 saturated carbocycles. The average Bonchev–Trinajstić information content (AvgIpc) is 2.70. The van der Waals surface area contributed by atoms with E-state index in [2.05, 4.69) is 10.0 Å². The molecule has 3 rings (SSSR count). The van der Waals surface area contributed by atoms with Gasteiger partial charge in [-0.15, -0.1) is 0 Å². The summed E-state index contributed by atoms with van der Waals surface area (Å²) in [6, 6.07) is 11.8. The maximum absolute atomic E-state index is 14.2. The Kier molecular flexibility index (Phi) is 6.54. The fourth-order valence-corrected chi connectivity index (χ4v) is 4.68. The molecule has 8 heteroatoms. The minimum atomic E-state index is -3.78. The fraction of sp³-hybridized carbons (Fsp3) is 0.381. The topological polar surface area (TPSA) is 78.5 Å². The summed E-state index contributed by atoms with van der Waals surface area (Å²) in [5, 5.41) is 2.90. The summed E-state index contributed by atoms with van der Waals surface area (Å²) >= 11 is 0. The van der Waals surface area contributed by atoms with Gasteiger partial charge in [-0.1, -0.05) is 24.3 Å². The Morgan fingerprint density at radius 1 is 1.21 bits per heavy atom. The number of halogens is 1. The molecule has 1 aliphatic rings. The van der Waals surface area contributed by atoms with E-state index in [1.54, 1.807) is 30.3 Å². The molecule has 1 unspecified atom stereocenters. The minimum Gasteiger partial charge on any atom is -0.367 e. The van der Waals surface area contributed by atoms with Crippen molar-refractivity contribution in [1.29, 1.82) is 0 Å². The highest BCUT2D eigenvalue weighted by atomic mass is 32.2. The number of nitrogens with one attached hydrogen (secondary N) is 2. The number of anilines is 1. The molecule has 1 aliphatic heterocycles. The quantitative estimate of drug-likeness (QED) is 0.754. The maximum atomic E-state index is 14.2. The lowest BCUT2D eigenvalue weighted by Crippen LogP contribution is -2.53. The number of hydrogen-bond donors (Lipinski definition) is 2. The maximum Gasteiger partial charge on any atom is 0.241 e. The van der Waals surface area contributed by atoms with E-state index in [0.29, 0.717) is 18.8 Å². The van der Waals surface area contributed by atoms with Crippen molar-refractivity contribution in [3.63, 3.8) is 0 Å². The molecule has 0 radical (unpaired) electrons. The number of carbonyl (C=O) groups is 1. The van der Waals surface area contributed by atoms with Crippen molar-refractivity contribution in [3.05, 3.63) is 59.9 Å². The number of aryl methyl sites for hydroxylation is 1. The van der Waals surface area contributed by atoms with Gasteiger partial charge in [0.1, 0.15) is 5.82 Å². The van der Waals surface area contributed by atoms with Gasteiger partial charge in [0.2, 0.25) is 15.9 Å². The molecule has 2 atom stereocenters. The van der Waals surface area contributed by atoms with Crippen LogP contribution in [0.5, 0.6) is 0 Å². The van der Waals surface area contributed by atoms with Gasteiger partial charge in [-0.3, -0.25) is 4.79 Å². The Balaban J connectivity index is 1.62. The molecule has 1 saturated heterocycles. The van der Waals surface area contributed by atoms with Crippen LogP contribution in [0.15, 0.2) is 53.4 Å². The Labute approximate surface area is 171 Å². The lowest BCUT2D eigenvalue weighted by atomic mass is 10.0. The minimum absolute atomic E-state index is 0.110. The van der Waals surface area contributed by atoms with Gasteiger partial charge in [0.15, 0.2) is 0 Å². The van der Waals surface area contributed by atoms with Crippen molar-refractivity contribution >= 4 is 21.6 Å². The number of hydrogen-bond acceptors (Lipinski definition) is 4. The summed E-state index contributed by atoms with van der Waals surface area (Å²) < 4.78 is 41.4. The van der Waals surface area contributed by atoms with Crippen LogP contribution in [-0.2, 0) is 14.8 Å². The number of nitrogens with zero attached hydrogens (tertiary/aromatic N) is 1. The van der Waals surface area contributed by atoms with Crippen LogP contribution in [0.25, 0.3) is 0 Å². The summed E-state index contributed by atoms with van der Waals surface area (Å²) in [6.07, 6.45) is 1.57. The Morgan fingerprint density at radius 2 is 1.93 bits per heavy atom. The predicted molar refractivity (Wildman–Crippen MR) is 111 cm³/mol. The number of amides is 1. The van der Waals surface area contributed by atoms with Crippen LogP contribution in [0.3, 0.4) is 0 Å². The van der Waals surface area contributed by atoms with Crippen molar-refractivity contribution in [1.82, 2.24) is 10.0 Å². The van der Waals surface area contributed by atoms with Crippen molar-refractivity contribution in [2.24, 2.45) is 0 Å². The van der Waals surface area contributed by atoms with Gasteiger partial charge in [0.05, 0.1) is 16.6 Å². The second kappa shape index (κ2) is 8.92. The number of piperidine rings is 1. The van der Waals surface area contributed by atoms with Crippen molar-refractivity contribution in [3.8, 4) is 0 Å². The van der Waals surface area contributed by atoms with E-state index in [4.69, 9.17) is 0 Å². The summed E-state index contributed by atoms with van der Waals surface area (Å²) in [7, 11) is -3.78. The average molecular weight is 420 g/mol. The van der Waals surface area contributed by atoms with Gasteiger partial charge in [-0.25, -0.2) is 12.8 Å². The smallest absolute Gasteiger partial charge is 0.241 e. The lowest BCUT2D eigenvalue weighted by molar-refractivity contribution is -0.123. The van der Waals surface area contributed by atoms with E-state index >= 15 is 0 Å². The molecule has 0 spiro atoms. The normalized spacial score (nSPS) is 18.3. The monoisotopic (exact) mass is 419 g/mol. The molecule has 0 aromatic heterocycles. The predicted octanol–water partition coefficient (Wildman–Crippen LogP) is 2.59. The third-order valence-electron chi connectivity index (χ3n) is 4.99. The molecule has 2 aromatic carbocycles. The molecule has 2 aromatic rings. The summed E-state index contributed by atoms with van der Waals surface area (Å²) in [6.45, 7) is 4.61. The van der Waals surface area contributed by atoms with Crippen LogP contribution < -0.4 is 14.9 Å². The van der Waals surface area contributed by atoms with Crippen LogP contribution in [-0.4, -0.2) is 39.5 Å². The first-order valence-electron chi connectivity index (χ1n) is 9.65. The van der Waals surface area contributed by atoms with Gasteiger partial charge in [-0.2, -0.15) is 4.72 Å². The molecule has 0 aliphatic carbocycles. The van der Waals surface area contributed by atoms with Crippen molar-refractivity contribution in [2.75, 3.05) is 18.0 Å². The highest BCUT2D eigenvalue weighted by molar-refractivity contribution is 7.89. The summed E-state index contributed by atoms with van der Waals surface area (Å²) in [5.74, 6) is -0.687. The molecule has 6 nitrogen and oxygen atoms in total. The first-order valence-corrected chi connectivity index (χ1v) is 11.1. The SMILES string of the molecule is Cc1ccc(F)c(N2CCCC(NC(=O)[C@H](C)NS(=O)(=O)c3ccccc3)C2)c1. The lowest BCUT2D eigenvalue weighted by Gasteiger charge is -2.35. The second-order valence-corrected chi connectivity index (χ2v) is 9.12. The molecule has 29 heavy (non-hydrogen) atoms. The number of carbonyl (C=O) groups excluding carboxylic acids is 1. The third-order valence-corrected chi connectivity index (χ3v) is 6.55. The van der Waals surface area contributed by atoms with Crippen molar-refractivity contribution < 1.29 is 17.6 Å². The van der Waals surface area contributed by atoms with E-state index in [1.165, 1.54) is 25.1 Å². The van der Waals surface area contributed by atoms with E-state index in [1.807, 2.05) is 11.8 Å². The first-order chi connectivity index (χ1) is 13.8. The van der Waals surface area contributed by atoms with Gasteiger partial charge in [0.25, 0.3) is 0 Å². The molecular weight excluding hydrogens is 393 g/mol. The van der Waals surface area contributed by atoms with E-state index in [-0.39, 0.29) is 16.8 Å². The molecule has 2 N–H and O–H groups in total. The summed E-state index contributed by atoms with van der Waals surface area (Å²) in [5.41, 5.74) is 1.50. The van der Waals surface area contributed by atoms with Gasteiger partial charge in [-0.05, 0) is 56.5 Å². The van der Waals surface area contributed by atoms with E-state index in [9.17, 15) is 17.6 Å². The second-order valence-electron chi connectivity index (χ2n) is 7.40. The highest BCUT2D eigenvalue weighted by Gasteiger charge is 2.27. The molecule has 1 fully saturated rings. The molecule has 0 bridgehead atoms. The van der Waals surface area contributed by atoms with Crippen LogP contribution >= 0.6 is 0 Å². The van der Waals surface area contributed by atoms with E-state index in [0.717, 1.165) is 18.4 Å². The zero-order valence-electron chi connectivity index (χ0n) is 16.6.